The second-order valence-corrected chi connectivity index (χ2v) is 8.12. The highest BCUT2D eigenvalue weighted by molar-refractivity contribution is 5.96. The largest absolute Gasteiger partial charge is 0.451 e. The number of nitrogens with one attached hydrogen (secondary N) is 2. The quantitative estimate of drug-likeness (QED) is 0.887. The highest BCUT2D eigenvalue weighted by Crippen LogP contribution is 2.29. The van der Waals surface area contributed by atoms with Crippen LogP contribution in [0.2, 0.25) is 0 Å². The van der Waals surface area contributed by atoms with Gasteiger partial charge in [0.05, 0.1) is 0 Å². The van der Waals surface area contributed by atoms with Crippen molar-refractivity contribution in [1.29, 1.82) is 0 Å². The second kappa shape index (κ2) is 5.38. The summed E-state index contributed by atoms with van der Waals surface area (Å²) in [6.07, 6.45) is 1.81. The minimum Gasteiger partial charge on any atom is -0.451 e. The lowest BCUT2D eigenvalue weighted by atomic mass is 9.79. The molecule has 124 valence electrons. The van der Waals surface area contributed by atoms with Gasteiger partial charge < -0.3 is 15.1 Å². The molecule has 0 saturated carbocycles. The molecule has 1 aromatic heterocycles. The summed E-state index contributed by atoms with van der Waals surface area (Å²) >= 11 is 0. The maximum atomic E-state index is 12.6. The summed E-state index contributed by atoms with van der Waals surface area (Å²) in [6, 6.07) is 7.94. The van der Waals surface area contributed by atoms with Crippen molar-refractivity contribution in [3.05, 3.63) is 35.6 Å². The zero-order chi connectivity index (χ0) is 16.8. The fourth-order valence-electron chi connectivity index (χ4n) is 3.93. The van der Waals surface area contributed by atoms with Gasteiger partial charge in [-0.05, 0) is 65.2 Å². The molecule has 4 heteroatoms. The Morgan fingerprint density at radius 3 is 2.48 bits per heavy atom. The molecule has 2 aromatic rings. The van der Waals surface area contributed by atoms with Crippen LogP contribution in [0.5, 0.6) is 0 Å². The first-order valence-electron chi connectivity index (χ1n) is 8.24. The van der Waals surface area contributed by atoms with Crippen molar-refractivity contribution in [1.82, 2.24) is 10.6 Å². The van der Waals surface area contributed by atoms with E-state index in [-0.39, 0.29) is 23.0 Å². The number of furan rings is 1. The Hall–Kier alpha value is -1.81. The number of amides is 1. The van der Waals surface area contributed by atoms with Crippen LogP contribution in [0.4, 0.5) is 0 Å². The van der Waals surface area contributed by atoms with E-state index >= 15 is 0 Å². The Balaban J connectivity index is 1.77. The van der Waals surface area contributed by atoms with E-state index in [1.54, 1.807) is 0 Å². The van der Waals surface area contributed by atoms with E-state index < -0.39 is 0 Å². The number of piperidine rings is 1. The molecule has 1 fully saturated rings. The van der Waals surface area contributed by atoms with Gasteiger partial charge in [0.25, 0.3) is 5.91 Å². The molecule has 2 heterocycles. The van der Waals surface area contributed by atoms with Crippen molar-refractivity contribution in [2.24, 2.45) is 0 Å². The van der Waals surface area contributed by atoms with Gasteiger partial charge in [0.2, 0.25) is 0 Å². The third kappa shape index (κ3) is 3.58. The fraction of sp³-hybridized carbons (Fsp3) is 0.526. The minimum absolute atomic E-state index is 0.00465. The Morgan fingerprint density at radius 2 is 1.83 bits per heavy atom. The highest BCUT2D eigenvalue weighted by atomic mass is 16.3. The van der Waals surface area contributed by atoms with Gasteiger partial charge >= 0.3 is 0 Å². The molecule has 1 saturated heterocycles. The molecule has 1 aliphatic rings. The lowest BCUT2D eigenvalue weighted by molar-refractivity contribution is 0.0848. The van der Waals surface area contributed by atoms with Crippen LogP contribution < -0.4 is 10.6 Å². The number of carbonyl (C=O) groups excluding carboxylic acids is 1. The Labute approximate surface area is 137 Å². The van der Waals surface area contributed by atoms with Crippen LogP contribution in [0.1, 0.15) is 56.7 Å². The second-order valence-electron chi connectivity index (χ2n) is 8.12. The van der Waals surface area contributed by atoms with E-state index in [0.717, 1.165) is 29.4 Å². The summed E-state index contributed by atoms with van der Waals surface area (Å²) in [7, 11) is 0. The summed E-state index contributed by atoms with van der Waals surface area (Å²) in [4.78, 5) is 12.6. The van der Waals surface area contributed by atoms with Crippen LogP contribution in [0.25, 0.3) is 11.0 Å². The molecular formula is C19H26N2O2. The van der Waals surface area contributed by atoms with Gasteiger partial charge in [0.15, 0.2) is 5.76 Å². The Kier molecular flexibility index (Phi) is 3.75. The SMILES string of the molecule is Cc1ccc2cc(C(=O)NC3CC(C)(C)NC(C)(C)C3)oc2c1. The molecule has 1 amide bonds. The normalized spacial score (nSPS) is 20.6. The average molecular weight is 314 g/mol. The molecule has 23 heavy (non-hydrogen) atoms. The van der Waals surface area contributed by atoms with Gasteiger partial charge in [-0.2, -0.15) is 0 Å². The lowest BCUT2D eigenvalue weighted by Gasteiger charge is -2.46. The van der Waals surface area contributed by atoms with Crippen LogP contribution in [0, 0.1) is 6.92 Å². The first-order valence-corrected chi connectivity index (χ1v) is 8.24. The van der Waals surface area contributed by atoms with Crippen molar-refractivity contribution < 1.29 is 9.21 Å². The molecule has 0 unspecified atom stereocenters. The van der Waals surface area contributed by atoms with Gasteiger partial charge in [-0.1, -0.05) is 12.1 Å². The molecule has 1 aromatic carbocycles. The van der Waals surface area contributed by atoms with Crippen molar-refractivity contribution >= 4 is 16.9 Å². The van der Waals surface area contributed by atoms with E-state index in [0.29, 0.717) is 5.76 Å². The smallest absolute Gasteiger partial charge is 0.287 e. The third-order valence-corrected chi connectivity index (χ3v) is 4.42. The topological polar surface area (TPSA) is 54.3 Å². The Bertz CT molecular complexity index is 727. The molecule has 1 aliphatic heterocycles. The third-order valence-electron chi connectivity index (χ3n) is 4.42. The number of carbonyl (C=O) groups is 1. The number of hydrogen-bond donors (Lipinski definition) is 2. The van der Waals surface area contributed by atoms with Gasteiger partial charge in [-0.15, -0.1) is 0 Å². The molecule has 0 bridgehead atoms. The Morgan fingerprint density at radius 1 is 1.17 bits per heavy atom. The van der Waals surface area contributed by atoms with Crippen molar-refractivity contribution in [3.63, 3.8) is 0 Å². The molecule has 0 atom stereocenters. The lowest BCUT2D eigenvalue weighted by Crippen LogP contribution is -2.62. The number of benzene rings is 1. The summed E-state index contributed by atoms with van der Waals surface area (Å²) < 4.78 is 5.73. The van der Waals surface area contributed by atoms with Crippen molar-refractivity contribution in [2.75, 3.05) is 0 Å². The zero-order valence-electron chi connectivity index (χ0n) is 14.6. The van der Waals surface area contributed by atoms with Crippen LogP contribution in [-0.2, 0) is 0 Å². The van der Waals surface area contributed by atoms with E-state index in [1.807, 2.05) is 31.2 Å². The van der Waals surface area contributed by atoms with Crippen molar-refractivity contribution in [2.45, 2.75) is 64.6 Å². The highest BCUT2D eigenvalue weighted by Gasteiger charge is 2.38. The fourth-order valence-corrected chi connectivity index (χ4v) is 3.93. The van der Waals surface area contributed by atoms with E-state index in [9.17, 15) is 4.79 Å². The van der Waals surface area contributed by atoms with Crippen LogP contribution in [-0.4, -0.2) is 23.0 Å². The molecule has 3 rings (SSSR count). The number of fused-ring (bicyclic) bond motifs is 1. The summed E-state index contributed by atoms with van der Waals surface area (Å²) in [5.41, 5.74) is 1.90. The van der Waals surface area contributed by atoms with Crippen LogP contribution in [0.3, 0.4) is 0 Å². The predicted octanol–water partition coefficient (Wildman–Crippen LogP) is 3.78. The summed E-state index contributed by atoms with van der Waals surface area (Å²) in [5.74, 6) is 0.261. The standard InChI is InChI=1S/C19H26N2O2/c1-12-6-7-13-9-16(23-15(13)8-12)17(22)20-14-10-18(2,3)21-19(4,5)11-14/h6-9,14,21H,10-11H2,1-5H3,(H,20,22). The van der Waals surface area contributed by atoms with Crippen LogP contribution >= 0.6 is 0 Å². The van der Waals surface area contributed by atoms with Crippen LogP contribution in [0.15, 0.2) is 28.7 Å². The molecule has 2 N–H and O–H groups in total. The van der Waals surface area contributed by atoms with Gasteiger partial charge in [-0.3, -0.25) is 4.79 Å². The summed E-state index contributed by atoms with van der Waals surface area (Å²) in [5, 5.41) is 7.74. The number of hydrogen-bond acceptors (Lipinski definition) is 3. The number of aryl methyl sites for hydroxylation is 1. The number of rotatable bonds is 2. The van der Waals surface area contributed by atoms with Crippen molar-refractivity contribution in [3.8, 4) is 0 Å². The van der Waals surface area contributed by atoms with Gasteiger partial charge in [0, 0.05) is 22.5 Å². The van der Waals surface area contributed by atoms with E-state index in [2.05, 4.69) is 38.3 Å². The first kappa shape index (κ1) is 16.1. The molecule has 4 nitrogen and oxygen atoms in total. The van der Waals surface area contributed by atoms with E-state index in [4.69, 9.17) is 4.42 Å². The molecule has 0 aliphatic carbocycles. The molecular weight excluding hydrogens is 288 g/mol. The van der Waals surface area contributed by atoms with E-state index in [1.165, 1.54) is 0 Å². The van der Waals surface area contributed by atoms with Gasteiger partial charge in [-0.25, -0.2) is 0 Å². The maximum Gasteiger partial charge on any atom is 0.287 e. The predicted molar refractivity (Wildman–Crippen MR) is 92.7 cm³/mol. The monoisotopic (exact) mass is 314 g/mol. The summed E-state index contributed by atoms with van der Waals surface area (Å²) in [6.45, 7) is 10.7. The zero-order valence-corrected chi connectivity index (χ0v) is 14.6. The molecule has 0 spiro atoms. The van der Waals surface area contributed by atoms with Gasteiger partial charge in [0.1, 0.15) is 5.58 Å². The molecule has 0 radical (unpaired) electrons. The minimum atomic E-state index is -0.127. The maximum absolute atomic E-state index is 12.6. The average Bonchev–Trinajstić information content (AvgIpc) is 2.77. The first-order chi connectivity index (χ1) is 10.6.